The van der Waals surface area contributed by atoms with Gasteiger partial charge < -0.3 is 14.2 Å². The molecule has 7 nitrogen and oxygen atoms in total. The number of ether oxygens (including phenoxy) is 3. The molecule has 1 unspecified atom stereocenters. The Kier molecular flexibility index (Phi) is 3.81. The maximum Gasteiger partial charge on any atom is 0.512 e. The molecule has 2 rings (SSSR count). The van der Waals surface area contributed by atoms with Crippen LogP contribution in [0.1, 0.15) is 76.1 Å². The fraction of sp³-hybridized carbons (Fsp3) is 0.737. The summed E-state index contributed by atoms with van der Waals surface area (Å²) in [5.74, 6) is -0.533. The Bertz CT molecular complexity index is 1110. The molecule has 0 spiro atoms. The van der Waals surface area contributed by atoms with Crippen LogP contribution in [0, 0.1) is 0 Å². The van der Waals surface area contributed by atoms with E-state index in [1.54, 1.807) is 27.0 Å². The molecule has 0 fully saturated rings. The first-order chi connectivity index (χ1) is 17.8. The molecular weight excluding hydrogens is 366 g/mol. The summed E-state index contributed by atoms with van der Waals surface area (Å²) >= 11 is 0.588. The molecule has 1 aliphatic heterocycles. The van der Waals surface area contributed by atoms with Crippen molar-refractivity contribution in [1.82, 2.24) is 8.75 Å². The number of hydrogen-bond acceptors (Lipinski definition) is 7. The lowest BCUT2D eigenvalue weighted by Crippen LogP contribution is -2.49. The Morgan fingerprint density at radius 1 is 1.41 bits per heavy atom. The van der Waals surface area contributed by atoms with Crippen LogP contribution in [-0.2, 0) is 9.47 Å². The first-order valence-corrected chi connectivity index (χ1v) is 8.94. The number of hydrogen-bond donors (Lipinski definition) is 0. The molecule has 27 heavy (non-hydrogen) atoms. The minimum Gasteiger partial charge on any atom is -0.475 e. The zero-order chi connectivity index (χ0) is 31.2. The van der Waals surface area contributed by atoms with Gasteiger partial charge in [0.05, 0.1) is 40.7 Å². The van der Waals surface area contributed by atoms with Gasteiger partial charge in [-0.1, -0.05) is 32.0 Å². The number of likely N-dealkylation sites (N-methyl/N-ethyl adjacent to an activating group) is 1. The summed E-state index contributed by atoms with van der Waals surface area (Å²) in [6.07, 6.45) is -15.0. The molecular formula is C19H32N3O4S+. The van der Waals surface area contributed by atoms with Gasteiger partial charge in [-0.25, -0.2) is 4.79 Å². The van der Waals surface area contributed by atoms with Crippen LogP contribution in [0.15, 0.2) is 6.08 Å². The monoisotopic (exact) mass is 411 g/mol. The smallest absolute Gasteiger partial charge is 0.475 e. The Morgan fingerprint density at radius 2 is 2.26 bits per heavy atom. The number of aromatic nitrogens is 2. The Morgan fingerprint density at radius 3 is 3.04 bits per heavy atom. The highest BCUT2D eigenvalue weighted by Crippen LogP contribution is 2.30. The second-order valence-electron chi connectivity index (χ2n) is 6.33. The summed E-state index contributed by atoms with van der Waals surface area (Å²) in [6, 6.07) is 0. The van der Waals surface area contributed by atoms with E-state index >= 15 is 0 Å². The van der Waals surface area contributed by atoms with Crippen molar-refractivity contribution >= 4 is 23.5 Å². The highest BCUT2D eigenvalue weighted by Gasteiger charge is 2.31. The highest BCUT2D eigenvalue weighted by atomic mass is 32.1. The first kappa shape index (κ1) is 9.69. The summed E-state index contributed by atoms with van der Waals surface area (Å²) in [4.78, 5) is 11.8. The average molecular weight is 412 g/mol. The third-order valence-corrected chi connectivity index (χ3v) is 4.10. The number of carbonyl (C=O) groups is 1. The molecule has 0 N–H and O–H groups in total. The van der Waals surface area contributed by atoms with Crippen LogP contribution in [-0.4, -0.2) is 58.9 Å². The first-order valence-electron chi connectivity index (χ1n) is 14.7. The van der Waals surface area contributed by atoms with E-state index < -0.39 is 50.9 Å². The molecule has 1 aromatic heterocycles. The molecule has 0 aliphatic carbocycles. The van der Waals surface area contributed by atoms with E-state index in [4.69, 9.17) is 32.0 Å². The zero-order valence-corrected chi connectivity index (χ0v) is 16.2. The van der Waals surface area contributed by atoms with Gasteiger partial charge in [-0.3, -0.25) is 4.48 Å². The van der Waals surface area contributed by atoms with E-state index in [1.165, 1.54) is 0 Å². The molecule has 0 radical (unpaired) electrons. The second-order valence-corrected chi connectivity index (χ2v) is 6.86. The predicted octanol–water partition coefficient (Wildman–Crippen LogP) is 4.25. The number of quaternary nitrogens is 1. The predicted molar refractivity (Wildman–Crippen MR) is 106 cm³/mol. The Hall–Kier alpha value is -1.67. The number of carbonyl (C=O) groups excluding carboxylic acids is 1. The number of nitrogens with zero attached hydrogens (tertiary/aromatic N) is 3. The SMILES string of the molecule is [2H]C([2H])([2H])C([2H])([2H])C([2H])([2H])C([2H])([2H])C([2H])([2H])C([2H])([2H])Oc1nsnc1C1=CCC[N+](C)(COC(=O)OC(C)C)C1. The zero-order valence-electron chi connectivity index (χ0n) is 28.4. The van der Waals surface area contributed by atoms with E-state index in [1.807, 2.05) is 0 Å². The third kappa shape index (κ3) is 7.10. The molecule has 1 aromatic rings. The normalized spacial score (nSPS) is 29.9. The van der Waals surface area contributed by atoms with Crippen molar-refractivity contribution in [3.05, 3.63) is 11.8 Å². The van der Waals surface area contributed by atoms with Gasteiger partial charge in [0.1, 0.15) is 12.2 Å². The molecule has 2 heterocycles. The molecule has 0 saturated carbocycles. The largest absolute Gasteiger partial charge is 0.512 e. The molecule has 1 atom stereocenters. The van der Waals surface area contributed by atoms with Crippen molar-refractivity contribution < 1.29 is 41.3 Å². The van der Waals surface area contributed by atoms with Gasteiger partial charge in [0.25, 0.3) is 5.88 Å². The van der Waals surface area contributed by atoms with Gasteiger partial charge in [-0.05, 0) is 20.2 Å². The van der Waals surface area contributed by atoms with Crippen molar-refractivity contribution in [2.45, 2.75) is 58.7 Å². The lowest BCUT2D eigenvalue weighted by Gasteiger charge is -2.36. The van der Waals surface area contributed by atoms with Crippen LogP contribution in [0.4, 0.5) is 4.79 Å². The minimum atomic E-state index is -4.06. The molecule has 8 heteroatoms. The number of rotatable bonds is 10. The lowest BCUT2D eigenvalue weighted by molar-refractivity contribution is -0.919. The van der Waals surface area contributed by atoms with E-state index in [0.717, 1.165) is 0 Å². The molecule has 0 amide bonds. The van der Waals surface area contributed by atoms with Crippen LogP contribution >= 0.6 is 11.7 Å². The van der Waals surface area contributed by atoms with E-state index in [9.17, 15) is 4.79 Å². The van der Waals surface area contributed by atoms with Gasteiger partial charge in [0.2, 0.25) is 6.73 Å². The molecule has 0 saturated heterocycles. The summed E-state index contributed by atoms with van der Waals surface area (Å²) in [5, 5.41) is 0. The van der Waals surface area contributed by atoms with Crippen molar-refractivity contribution in [2.24, 2.45) is 0 Å². The second kappa shape index (κ2) is 10.6. The molecule has 0 aromatic carbocycles. The van der Waals surface area contributed by atoms with Crippen molar-refractivity contribution in [3.8, 4) is 5.88 Å². The van der Waals surface area contributed by atoms with Gasteiger partial charge in [0, 0.05) is 27.1 Å². The topological polar surface area (TPSA) is 70.5 Å². The summed E-state index contributed by atoms with van der Waals surface area (Å²) in [6.45, 7) is -3.37. The Labute approximate surface area is 184 Å². The molecule has 152 valence electrons. The van der Waals surface area contributed by atoms with Crippen LogP contribution < -0.4 is 4.74 Å². The van der Waals surface area contributed by atoms with Gasteiger partial charge in [-0.15, -0.1) is 4.37 Å². The van der Waals surface area contributed by atoms with Crippen LogP contribution in [0.25, 0.3) is 5.57 Å². The van der Waals surface area contributed by atoms with E-state index in [0.29, 0.717) is 30.3 Å². The fourth-order valence-electron chi connectivity index (χ4n) is 2.43. The maximum atomic E-state index is 11.8. The minimum absolute atomic E-state index is 0.000116. The third-order valence-electron chi connectivity index (χ3n) is 3.59. The Balaban J connectivity index is 2.33. The van der Waals surface area contributed by atoms with Crippen LogP contribution in [0.3, 0.4) is 0 Å². The summed E-state index contributed by atoms with van der Waals surface area (Å²) in [7, 11) is 1.78. The highest BCUT2D eigenvalue weighted by molar-refractivity contribution is 6.99. The van der Waals surface area contributed by atoms with E-state index in [-0.39, 0.29) is 29.6 Å². The van der Waals surface area contributed by atoms with E-state index in [2.05, 4.69) is 8.75 Å². The summed E-state index contributed by atoms with van der Waals surface area (Å²) < 4.78 is 126. The van der Waals surface area contributed by atoms with Crippen molar-refractivity contribution in [3.63, 3.8) is 0 Å². The van der Waals surface area contributed by atoms with Gasteiger partial charge >= 0.3 is 6.16 Å². The standard InChI is InChI=1S/C19H32N3O4S/c1-5-6-7-8-12-24-18-17(20-27-21-18)16-10-9-11-22(4,13-16)14-25-19(23)26-15(2)3/h10,15H,5-9,11-14H2,1-4H3/q+1/i1D3,5D2,6D2,7D2,8D2,12D2. The summed E-state index contributed by atoms with van der Waals surface area (Å²) in [5.41, 5.74) is 0.478. The lowest BCUT2D eigenvalue weighted by atomic mass is 10.1. The maximum absolute atomic E-state index is 11.8. The fourth-order valence-corrected chi connectivity index (χ4v) is 2.94. The average Bonchev–Trinajstić information content (AvgIpc) is 3.23. The van der Waals surface area contributed by atoms with Crippen LogP contribution in [0.5, 0.6) is 5.88 Å². The molecule has 0 bridgehead atoms. The van der Waals surface area contributed by atoms with Crippen molar-refractivity contribution in [1.29, 1.82) is 0 Å². The van der Waals surface area contributed by atoms with Gasteiger partial charge in [0.15, 0.2) is 0 Å². The van der Waals surface area contributed by atoms with Crippen LogP contribution in [0.2, 0.25) is 0 Å². The molecule has 1 aliphatic rings. The van der Waals surface area contributed by atoms with Crippen molar-refractivity contribution in [2.75, 3.05) is 33.4 Å². The quantitative estimate of drug-likeness (QED) is 0.423. The van der Waals surface area contributed by atoms with Gasteiger partial charge in [-0.2, -0.15) is 4.37 Å².